The number of piperidine rings is 1. The second-order valence-corrected chi connectivity index (χ2v) is 11.8. The number of aromatic nitrogens is 5. The van der Waals surface area contributed by atoms with E-state index >= 15 is 0 Å². The molecule has 2 aliphatic carbocycles. The largest absolute Gasteiger partial charge is 0.385 e. The fraction of sp³-hybridized carbons (Fsp3) is 0.367. The molecule has 2 aliphatic heterocycles. The van der Waals surface area contributed by atoms with E-state index in [9.17, 15) is 19.2 Å². The first-order valence-corrected chi connectivity index (χ1v) is 14.4. The highest BCUT2D eigenvalue weighted by Gasteiger charge is 2.44. The number of hydrogen-bond donors (Lipinski definition) is 3. The number of nitrogens with zero attached hydrogens (tertiary/aromatic N) is 5. The molecular formula is C30H28N8O4. The third-order valence-corrected chi connectivity index (χ3v) is 8.96. The van der Waals surface area contributed by atoms with Gasteiger partial charge in [0, 0.05) is 47.9 Å². The van der Waals surface area contributed by atoms with Crippen LogP contribution >= 0.6 is 0 Å². The fourth-order valence-corrected chi connectivity index (χ4v) is 6.43. The Labute approximate surface area is 239 Å². The van der Waals surface area contributed by atoms with E-state index in [0.717, 1.165) is 70.7 Å². The average Bonchev–Trinajstić information content (AvgIpc) is 3.43. The van der Waals surface area contributed by atoms with Crippen LogP contribution in [0.25, 0.3) is 22.2 Å². The van der Waals surface area contributed by atoms with Gasteiger partial charge in [-0.25, -0.2) is 0 Å². The molecule has 3 aromatic heterocycles. The highest BCUT2D eigenvalue weighted by molar-refractivity contribution is 6.23. The number of imide groups is 2. The Kier molecular flexibility index (Phi) is 5.53. The molecule has 42 heavy (non-hydrogen) atoms. The maximum absolute atomic E-state index is 13.1. The van der Waals surface area contributed by atoms with E-state index < -0.39 is 29.7 Å². The molecule has 4 aromatic rings. The minimum Gasteiger partial charge on any atom is -0.385 e. The second kappa shape index (κ2) is 9.33. The van der Waals surface area contributed by atoms with Crippen molar-refractivity contribution in [2.75, 3.05) is 11.9 Å². The van der Waals surface area contributed by atoms with Gasteiger partial charge in [-0.15, -0.1) is 0 Å². The monoisotopic (exact) mass is 564 g/mol. The molecular weight excluding hydrogens is 536 g/mol. The number of aromatic amines is 1. The lowest BCUT2D eigenvalue weighted by molar-refractivity contribution is -0.136. The van der Waals surface area contributed by atoms with Crippen molar-refractivity contribution in [2.24, 2.45) is 5.92 Å². The summed E-state index contributed by atoms with van der Waals surface area (Å²) in [4.78, 5) is 55.6. The van der Waals surface area contributed by atoms with Crippen molar-refractivity contribution in [3.63, 3.8) is 0 Å². The summed E-state index contributed by atoms with van der Waals surface area (Å²) in [5.41, 5.74) is 5.34. The van der Waals surface area contributed by atoms with Crippen LogP contribution in [0.1, 0.15) is 76.9 Å². The minimum atomic E-state index is -0.968. The normalized spacial score (nSPS) is 23.7. The Morgan fingerprint density at radius 1 is 0.976 bits per heavy atom. The van der Waals surface area contributed by atoms with E-state index in [1.807, 2.05) is 18.5 Å². The number of nitrogens with one attached hydrogen (secondary N) is 3. The quantitative estimate of drug-likeness (QED) is 0.289. The molecule has 12 nitrogen and oxygen atoms in total. The Morgan fingerprint density at radius 2 is 1.81 bits per heavy atom. The third-order valence-electron chi connectivity index (χ3n) is 8.96. The molecule has 212 valence electrons. The van der Waals surface area contributed by atoms with Crippen LogP contribution in [-0.4, -0.2) is 66.1 Å². The summed E-state index contributed by atoms with van der Waals surface area (Å²) in [6.07, 6.45) is 10.3. The number of rotatable bonds is 7. The molecule has 0 radical (unpaired) electrons. The molecule has 4 amide bonds. The van der Waals surface area contributed by atoms with Gasteiger partial charge in [0.2, 0.25) is 11.8 Å². The molecule has 0 bridgehead atoms. The molecule has 1 atom stereocenters. The molecule has 3 fully saturated rings. The first-order valence-electron chi connectivity index (χ1n) is 14.4. The number of carbonyl (C=O) groups excluding carboxylic acids is 4. The molecule has 5 heterocycles. The summed E-state index contributed by atoms with van der Waals surface area (Å²) in [5, 5.41) is 19.0. The van der Waals surface area contributed by atoms with Gasteiger partial charge in [0.1, 0.15) is 6.04 Å². The van der Waals surface area contributed by atoms with Crippen LogP contribution in [0.3, 0.4) is 0 Å². The predicted octanol–water partition coefficient (Wildman–Crippen LogP) is 3.16. The van der Waals surface area contributed by atoms with E-state index in [4.69, 9.17) is 5.10 Å². The zero-order chi connectivity index (χ0) is 28.5. The Morgan fingerprint density at radius 3 is 2.62 bits per heavy atom. The minimum absolute atomic E-state index is 0.0953. The summed E-state index contributed by atoms with van der Waals surface area (Å²) in [6.45, 7) is 0.729. The van der Waals surface area contributed by atoms with Gasteiger partial charge in [-0.3, -0.25) is 44.2 Å². The van der Waals surface area contributed by atoms with Crippen molar-refractivity contribution in [2.45, 2.75) is 56.5 Å². The van der Waals surface area contributed by atoms with E-state index in [2.05, 4.69) is 36.7 Å². The molecule has 2 saturated carbocycles. The Hall–Kier alpha value is -4.87. The number of benzene rings is 1. The summed E-state index contributed by atoms with van der Waals surface area (Å²) < 4.78 is 2.11. The lowest BCUT2D eigenvalue weighted by Crippen LogP contribution is -2.54. The molecule has 1 aromatic carbocycles. The summed E-state index contributed by atoms with van der Waals surface area (Å²) in [7, 11) is 0. The molecule has 0 spiro atoms. The molecule has 1 saturated heterocycles. The SMILES string of the molecule is O=C1CCC(N2C(=O)c3ccc(NCC4CC(n5cc(-c6nccc7cn[nH]c67)c(C6CC6)n5)C4)cc3C2=O)C(=O)N1. The average molecular weight is 565 g/mol. The van der Waals surface area contributed by atoms with Crippen LogP contribution in [0.5, 0.6) is 0 Å². The van der Waals surface area contributed by atoms with Crippen LogP contribution in [0.15, 0.2) is 42.9 Å². The van der Waals surface area contributed by atoms with E-state index in [0.29, 0.717) is 17.9 Å². The first kappa shape index (κ1) is 24.9. The number of hydrogen-bond acceptors (Lipinski definition) is 8. The number of carbonyl (C=O) groups is 4. The van der Waals surface area contributed by atoms with Crippen LogP contribution < -0.4 is 10.6 Å². The van der Waals surface area contributed by atoms with E-state index in [1.54, 1.807) is 18.2 Å². The van der Waals surface area contributed by atoms with Crippen molar-refractivity contribution in [1.82, 2.24) is 35.2 Å². The number of H-pyrrole nitrogens is 1. The maximum atomic E-state index is 13.1. The van der Waals surface area contributed by atoms with Crippen molar-refractivity contribution < 1.29 is 19.2 Å². The summed E-state index contributed by atoms with van der Waals surface area (Å²) in [6, 6.07) is 6.40. The Bertz CT molecular complexity index is 1800. The van der Waals surface area contributed by atoms with Crippen LogP contribution in [-0.2, 0) is 9.59 Å². The lowest BCUT2D eigenvalue weighted by atomic mass is 9.80. The first-order chi connectivity index (χ1) is 20.4. The van der Waals surface area contributed by atoms with E-state index in [-0.39, 0.29) is 24.0 Å². The Balaban J connectivity index is 0.931. The number of pyridine rings is 1. The summed E-state index contributed by atoms with van der Waals surface area (Å²) in [5.74, 6) is -1.08. The zero-order valence-corrected chi connectivity index (χ0v) is 22.7. The fourth-order valence-electron chi connectivity index (χ4n) is 6.43. The smallest absolute Gasteiger partial charge is 0.262 e. The van der Waals surface area contributed by atoms with Gasteiger partial charge in [-0.2, -0.15) is 10.2 Å². The summed E-state index contributed by atoms with van der Waals surface area (Å²) >= 11 is 0. The molecule has 12 heteroatoms. The highest BCUT2D eigenvalue weighted by Crippen LogP contribution is 2.46. The lowest BCUT2D eigenvalue weighted by Gasteiger charge is -2.35. The topological polar surface area (TPSA) is 155 Å². The number of anilines is 1. The van der Waals surface area contributed by atoms with Gasteiger partial charge in [0.05, 0.1) is 40.3 Å². The molecule has 4 aliphatic rings. The van der Waals surface area contributed by atoms with Gasteiger partial charge in [0.25, 0.3) is 11.8 Å². The highest BCUT2D eigenvalue weighted by atomic mass is 16.2. The van der Waals surface area contributed by atoms with Crippen LogP contribution in [0, 0.1) is 5.92 Å². The van der Waals surface area contributed by atoms with Gasteiger partial charge >= 0.3 is 0 Å². The van der Waals surface area contributed by atoms with Crippen molar-refractivity contribution in [3.8, 4) is 11.3 Å². The van der Waals surface area contributed by atoms with Gasteiger partial charge in [-0.05, 0) is 62.3 Å². The van der Waals surface area contributed by atoms with E-state index in [1.165, 1.54) is 0 Å². The number of amides is 4. The van der Waals surface area contributed by atoms with Gasteiger partial charge < -0.3 is 5.32 Å². The van der Waals surface area contributed by atoms with Crippen LogP contribution in [0.2, 0.25) is 0 Å². The van der Waals surface area contributed by atoms with Crippen molar-refractivity contribution in [3.05, 3.63) is 59.7 Å². The predicted molar refractivity (Wildman–Crippen MR) is 150 cm³/mol. The second-order valence-electron chi connectivity index (χ2n) is 11.8. The van der Waals surface area contributed by atoms with Crippen LogP contribution in [0.4, 0.5) is 5.69 Å². The van der Waals surface area contributed by atoms with Crippen molar-refractivity contribution in [1.29, 1.82) is 0 Å². The van der Waals surface area contributed by atoms with Gasteiger partial charge in [-0.1, -0.05) is 0 Å². The molecule has 1 unspecified atom stereocenters. The third kappa shape index (κ3) is 4.00. The maximum Gasteiger partial charge on any atom is 0.262 e. The zero-order valence-electron chi connectivity index (χ0n) is 22.7. The molecule has 3 N–H and O–H groups in total. The van der Waals surface area contributed by atoms with Gasteiger partial charge in [0.15, 0.2) is 0 Å². The standard InChI is InChI=1S/C30H28N8O4/c39-24-6-5-23(28(40)34-24)38-29(41)20-4-3-18(11-21(20)30(38)42)32-12-15-9-19(10-15)37-14-22(25(36-37)16-1-2-16)27-26-17(7-8-31-27)13-33-35-26/h3-4,7-8,11,13-16,19,23,32H,1-2,5-6,9-10,12H2,(H,33,35)(H,34,39,40). The number of fused-ring (bicyclic) bond motifs is 2. The van der Waals surface area contributed by atoms with Crippen molar-refractivity contribution >= 4 is 40.2 Å². The molecule has 8 rings (SSSR count).